The summed E-state index contributed by atoms with van der Waals surface area (Å²) in [5.74, 6) is -1.37. The molecule has 1 fully saturated rings. The van der Waals surface area contributed by atoms with Crippen LogP contribution in [-0.4, -0.2) is 54.0 Å². The first kappa shape index (κ1) is 23.0. The fourth-order valence-electron chi connectivity index (χ4n) is 3.82. The van der Waals surface area contributed by atoms with Crippen molar-refractivity contribution in [2.24, 2.45) is 0 Å². The van der Waals surface area contributed by atoms with Gasteiger partial charge in [-0.2, -0.15) is 0 Å². The van der Waals surface area contributed by atoms with Gasteiger partial charge in [0.2, 0.25) is 0 Å². The highest BCUT2D eigenvalue weighted by Crippen LogP contribution is 2.41. The molecule has 9 heteroatoms. The molecule has 2 aromatic carbocycles. The van der Waals surface area contributed by atoms with Crippen molar-refractivity contribution in [3.05, 3.63) is 74.8 Å². The van der Waals surface area contributed by atoms with Crippen LogP contribution in [-0.2, 0) is 14.3 Å². The lowest BCUT2D eigenvalue weighted by Gasteiger charge is -2.25. The number of carbonyl (C=O) groups is 2. The number of ether oxygens (including phenoxy) is 2. The van der Waals surface area contributed by atoms with E-state index in [1.807, 2.05) is 0 Å². The third kappa shape index (κ3) is 4.33. The quantitative estimate of drug-likeness (QED) is 0.167. The molecule has 1 atom stereocenters. The van der Waals surface area contributed by atoms with Crippen LogP contribution in [0.1, 0.15) is 29.2 Å². The predicted molar refractivity (Wildman–Crippen MR) is 116 cm³/mol. The number of carbonyl (C=O) groups excluding carboxylic acids is 2. The van der Waals surface area contributed by atoms with E-state index in [-0.39, 0.29) is 23.6 Å². The molecule has 1 amide bonds. The second kappa shape index (κ2) is 9.61. The Labute approximate surface area is 185 Å². The minimum Gasteiger partial charge on any atom is -0.507 e. The summed E-state index contributed by atoms with van der Waals surface area (Å²) in [4.78, 5) is 37.9. The number of rotatable bonds is 8. The number of Topliss-reactive ketones (excluding diaryl/α,β-unsaturated/α-hetero) is 1. The second-order valence-corrected chi connectivity index (χ2v) is 7.37. The molecule has 1 N–H and O–H groups in total. The van der Waals surface area contributed by atoms with E-state index in [2.05, 4.69) is 0 Å². The smallest absolute Gasteiger partial charge is 0.295 e. The Balaban J connectivity index is 2.18. The van der Waals surface area contributed by atoms with Gasteiger partial charge in [-0.05, 0) is 42.7 Å². The van der Waals surface area contributed by atoms with Crippen LogP contribution >= 0.6 is 0 Å². The summed E-state index contributed by atoms with van der Waals surface area (Å²) in [7, 11) is 3.04. The Morgan fingerprint density at radius 2 is 1.94 bits per heavy atom. The number of aliphatic hydroxyl groups excluding tert-OH is 1. The van der Waals surface area contributed by atoms with E-state index >= 15 is 0 Å². The molecule has 0 radical (unpaired) electrons. The summed E-state index contributed by atoms with van der Waals surface area (Å²) in [6.45, 7) is 2.29. The van der Waals surface area contributed by atoms with Crippen LogP contribution in [0.4, 0.5) is 5.69 Å². The number of benzene rings is 2. The number of nitro benzene ring substituents is 1. The number of likely N-dealkylation sites (tertiary alicyclic amines) is 1. The molecule has 3 rings (SSSR count). The Morgan fingerprint density at radius 1 is 1.19 bits per heavy atom. The number of nitro groups is 1. The molecule has 0 unspecified atom stereocenters. The standard InChI is InChI=1S/C23H24N2O7/c1-14-12-17(32-3)8-9-18(14)21(26)19-20(15-6-4-7-16(13-15)25(29)30)24(10-5-11-31-2)23(28)22(19)27/h4,6-9,12-13,20,26H,5,10-11H2,1-3H3/b21-19+/t20-/m0/s1. The third-order valence-electron chi connectivity index (χ3n) is 5.37. The average molecular weight is 440 g/mol. The summed E-state index contributed by atoms with van der Waals surface area (Å²) in [6, 6.07) is 9.70. The summed E-state index contributed by atoms with van der Waals surface area (Å²) < 4.78 is 10.2. The molecule has 0 aromatic heterocycles. The Kier molecular flexibility index (Phi) is 6.89. The van der Waals surface area contributed by atoms with Gasteiger partial charge in [0.25, 0.3) is 17.4 Å². The number of aryl methyl sites for hydroxylation is 1. The Morgan fingerprint density at radius 3 is 2.56 bits per heavy atom. The zero-order valence-electron chi connectivity index (χ0n) is 18.0. The van der Waals surface area contributed by atoms with E-state index in [0.717, 1.165) is 0 Å². The molecular weight excluding hydrogens is 416 g/mol. The number of nitrogens with zero attached hydrogens (tertiary/aromatic N) is 2. The SMILES string of the molecule is COCCCN1C(=O)C(=O)/C(=C(/O)c2ccc(OC)cc2C)[C@@H]1c1cccc([N+](=O)[O-])c1. The zero-order chi connectivity index (χ0) is 23.4. The Hall–Kier alpha value is -3.72. The van der Waals surface area contributed by atoms with E-state index in [1.54, 1.807) is 31.2 Å². The second-order valence-electron chi connectivity index (χ2n) is 7.37. The lowest BCUT2D eigenvalue weighted by molar-refractivity contribution is -0.384. The summed E-state index contributed by atoms with van der Waals surface area (Å²) in [6.07, 6.45) is 0.455. The zero-order valence-corrected chi connectivity index (χ0v) is 18.0. The van der Waals surface area contributed by atoms with E-state index in [4.69, 9.17) is 9.47 Å². The highest BCUT2D eigenvalue weighted by atomic mass is 16.6. The van der Waals surface area contributed by atoms with Crippen molar-refractivity contribution in [3.63, 3.8) is 0 Å². The van der Waals surface area contributed by atoms with Crippen molar-refractivity contribution in [1.29, 1.82) is 0 Å². The van der Waals surface area contributed by atoms with Crippen LogP contribution in [0.5, 0.6) is 5.75 Å². The highest BCUT2D eigenvalue weighted by Gasteiger charge is 2.46. The van der Waals surface area contributed by atoms with E-state index < -0.39 is 22.7 Å². The van der Waals surface area contributed by atoms with Crippen molar-refractivity contribution < 1.29 is 29.1 Å². The van der Waals surface area contributed by atoms with Gasteiger partial charge < -0.3 is 19.5 Å². The molecule has 1 aliphatic rings. The van der Waals surface area contributed by atoms with Crippen molar-refractivity contribution in [2.75, 3.05) is 27.4 Å². The monoisotopic (exact) mass is 440 g/mol. The van der Waals surface area contributed by atoms with Gasteiger partial charge in [0.1, 0.15) is 11.5 Å². The van der Waals surface area contributed by atoms with Crippen LogP contribution in [0.2, 0.25) is 0 Å². The first-order valence-electron chi connectivity index (χ1n) is 9.96. The van der Waals surface area contributed by atoms with Gasteiger partial charge in [-0.3, -0.25) is 19.7 Å². The van der Waals surface area contributed by atoms with Gasteiger partial charge >= 0.3 is 0 Å². The molecule has 0 bridgehead atoms. The molecule has 2 aromatic rings. The van der Waals surface area contributed by atoms with E-state index in [1.165, 1.54) is 37.3 Å². The minimum atomic E-state index is -0.965. The van der Waals surface area contributed by atoms with Gasteiger partial charge in [0.15, 0.2) is 0 Å². The maximum Gasteiger partial charge on any atom is 0.295 e. The van der Waals surface area contributed by atoms with Gasteiger partial charge in [-0.15, -0.1) is 0 Å². The molecule has 32 heavy (non-hydrogen) atoms. The third-order valence-corrected chi connectivity index (χ3v) is 5.37. The maximum atomic E-state index is 13.0. The van der Waals surface area contributed by atoms with Crippen molar-refractivity contribution in [2.45, 2.75) is 19.4 Å². The van der Waals surface area contributed by atoms with Gasteiger partial charge in [-0.1, -0.05) is 12.1 Å². The molecular formula is C23H24N2O7. The minimum absolute atomic E-state index is 0.110. The molecule has 1 aliphatic heterocycles. The molecule has 1 heterocycles. The highest BCUT2D eigenvalue weighted by molar-refractivity contribution is 6.46. The van der Waals surface area contributed by atoms with Crippen molar-refractivity contribution >= 4 is 23.1 Å². The molecule has 0 spiro atoms. The number of methoxy groups -OCH3 is 2. The van der Waals surface area contributed by atoms with Gasteiger partial charge in [0, 0.05) is 38.0 Å². The topological polar surface area (TPSA) is 119 Å². The van der Waals surface area contributed by atoms with Crippen LogP contribution in [0.15, 0.2) is 48.0 Å². The predicted octanol–water partition coefficient (Wildman–Crippen LogP) is 3.37. The molecule has 9 nitrogen and oxygen atoms in total. The molecule has 168 valence electrons. The normalized spacial score (nSPS) is 17.6. The number of aliphatic hydroxyl groups is 1. The summed E-state index contributed by atoms with van der Waals surface area (Å²) >= 11 is 0. The first-order valence-corrected chi connectivity index (χ1v) is 9.96. The number of non-ortho nitro benzene ring substituents is 1. The van der Waals surface area contributed by atoms with E-state index in [0.29, 0.717) is 35.5 Å². The maximum absolute atomic E-state index is 13.0. The van der Waals surface area contributed by atoms with Crippen molar-refractivity contribution in [1.82, 2.24) is 4.90 Å². The van der Waals surface area contributed by atoms with Gasteiger partial charge in [-0.25, -0.2) is 0 Å². The lowest BCUT2D eigenvalue weighted by atomic mass is 9.93. The molecule has 1 saturated heterocycles. The van der Waals surface area contributed by atoms with Gasteiger partial charge in [0.05, 0.1) is 23.6 Å². The van der Waals surface area contributed by atoms with Crippen LogP contribution < -0.4 is 4.74 Å². The van der Waals surface area contributed by atoms with Crippen LogP contribution in [0, 0.1) is 17.0 Å². The number of hydrogen-bond donors (Lipinski definition) is 1. The van der Waals surface area contributed by atoms with Crippen molar-refractivity contribution in [3.8, 4) is 5.75 Å². The Bertz CT molecular complexity index is 1090. The lowest BCUT2D eigenvalue weighted by Crippen LogP contribution is -2.31. The number of amides is 1. The molecule has 0 aliphatic carbocycles. The average Bonchev–Trinajstić information content (AvgIpc) is 3.03. The molecule has 0 saturated carbocycles. The fourth-order valence-corrected chi connectivity index (χ4v) is 3.82. The summed E-state index contributed by atoms with van der Waals surface area (Å²) in [5, 5.41) is 22.4. The van der Waals surface area contributed by atoms with E-state index in [9.17, 15) is 24.8 Å². The number of hydrogen-bond acceptors (Lipinski definition) is 7. The van der Waals surface area contributed by atoms with Crippen LogP contribution in [0.3, 0.4) is 0 Å². The largest absolute Gasteiger partial charge is 0.507 e. The fraction of sp³-hybridized carbons (Fsp3) is 0.304. The van der Waals surface area contributed by atoms with Crippen LogP contribution in [0.25, 0.3) is 5.76 Å². The first-order chi connectivity index (χ1) is 15.3. The number of ketones is 1. The summed E-state index contributed by atoms with van der Waals surface area (Å²) in [5.41, 5.74) is 1.09.